The van der Waals surface area contributed by atoms with E-state index in [4.69, 9.17) is 4.74 Å². The SMILES string of the molecule is CCN1CCC(N(C)Cc2cc(OC)ccc2O)CC1. The van der Waals surface area contributed by atoms with E-state index in [1.807, 2.05) is 6.07 Å². The van der Waals surface area contributed by atoms with E-state index in [-0.39, 0.29) is 0 Å². The maximum absolute atomic E-state index is 9.97. The molecule has 20 heavy (non-hydrogen) atoms. The molecule has 112 valence electrons. The Kier molecular flexibility index (Phi) is 5.26. The van der Waals surface area contributed by atoms with Crippen LogP contribution < -0.4 is 4.74 Å². The molecule has 0 amide bonds. The van der Waals surface area contributed by atoms with Gasteiger partial charge in [0.05, 0.1) is 7.11 Å². The second-order valence-corrected chi connectivity index (χ2v) is 5.58. The van der Waals surface area contributed by atoms with Crippen molar-refractivity contribution in [2.24, 2.45) is 0 Å². The highest BCUT2D eigenvalue weighted by Gasteiger charge is 2.22. The van der Waals surface area contributed by atoms with Gasteiger partial charge in [0.2, 0.25) is 0 Å². The molecule has 2 rings (SSSR count). The number of ether oxygens (including phenoxy) is 1. The van der Waals surface area contributed by atoms with Gasteiger partial charge in [0, 0.05) is 18.2 Å². The molecule has 4 heteroatoms. The first kappa shape index (κ1) is 15.1. The molecule has 1 saturated heterocycles. The second kappa shape index (κ2) is 6.95. The van der Waals surface area contributed by atoms with Crippen LogP contribution in [-0.2, 0) is 6.54 Å². The molecule has 0 atom stereocenters. The van der Waals surface area contributed by atoms with E-state index in [1.54, 1.807) is 19.2 Å². The van der Waals surface area contributed by atoms with E-state index in [1.165, 1.54) is 25.9 Å². The third-order valence-corrected chi connectivity index (χ3v) is 4.33. The van der Waals surface area contributed by atoms with Crippen LogP contribution in [0.4, 0.5) is 0 Å². The smallest absolute Gasteiger partial charge is 0.120 e. The molecule has 0 aliphatic carbocycles. The van der Waals surface area contributed by atoms with Crippen molar-refractivity contribution in [2.75, 3.05) is 33.8 Å². The largest absolute Gasteiger partial charge is 0.508 e. The lowest BCUT2D eigenvalue weighted by molar-refractivity contribution is 0.126. The molecule has 0 radical (unpaired) electrons. The minimum absolute atomic E-state index is 0.351. The molecule has 1 heterocycles. The third-order valence-electron chi connectivity index (χ3n) is 4.33. The van der Waals surface area contributed by atoms with Crippen molar-refractivity contribution in [3.63, 3.8) is 0 Å². The minimum Gasteiger partial charge on any atom is -0.508 e. The number of methoxy groups -OCH3 is 1. The standard InChI is InChI=1S/C16H26N2O2/c1-4-18-9-7-14(8-10-18)17(2)12-13-11-15(20-3)5-6-16(13)19/h5-6,11,14,19H,4,7-10,12H2,1-3H3. The Bertz CT molecular complexity index is 428. The molecule has 0 unspecified atom stereocenters. The molecular weight excluding hydrogens is 252 g/mol. The van der Waals surface area contributed by atoms with Crippen LogP contribution in [0.25, 0.3) is 0 Å². The van der Waals surface area contributed by atoms with Crippen LogP contribution in [0.15, 0.2) is 18.2 Å². The summed E-state index contributed by atoms with van der Waals surface area (Å²) >= 11 is 0. The van der Waals surface area contributed by atoms with Crippen LogP contribution >= 0.6 is 0 Å². The molecule has 0 aromatic heterocycles. The summed E-state index contributed by atoms with van der Waals surface area (Å²) < 4.78 is 5.23. The molecule has 1 aliphatic heterocycles. The maximum Gasteiger partial charge on any atom is 0.120 e. The zero-order valence-electron chi connectivity index (χ0n) is 12.8. The Hall–Kier alpha value is -1.26. The Morgan fingerprint density at radius 2 is 2.05 bits per heavy atom. The van der Waals surface area contributed by atoms with Gasteiger partial charge in [0.15, 0.2) is 0 Å². The average Bonchev–Trinajstić information content (AvgIpc) is 2.49. The maximum atomic E-state index is 9.97. The highest BCUT2D eigenvalue weighted by molar-refractivity contribution is 5.39. The summed E-state index contributed by atoms with van der Waals surface area (Å²) in [5, 5.41) is 9.97. The number of hydrogen-bond acceptors (Lipinski definition) is 4. The lowest BCUT2D eigenvalue weighted by atomic mass is 10.0. The number of nitrogens with zero attached hydrogens (tertiary/aromatic N) is 2. The summed E-state index contributed by atoms with van der Waals surface area (Å²) in [5.74, 6) is 1.15. The van der Waals surface area contributed by atoms with E-state index in [9.17, 15) is 5.11 Å². The van der Waals surface area contributed by atoms with Gasteiger partial charge in [0.1, 0.15) is 11.5 Å². The summed E-state index contributed by atoms with van der Waals surface area (Å²) in [6.45, 7) is 6.48. The lowest BCUT2D eigenvalue weighted by Crippen LogP contribution is -2.42. The van der Waals surface area contributed by atoms with Crippen molar-refractivity contribution in [2.45, 2.75) is 32.4 Å². The Morgan fingerprint density at radius 1 is 1.35 bits per heavy atom. The van der Waals surface area contributed by atoms with Gasteiger partial charge >= 0.3 is 0 Å². The topological polar surface area (TPSA) is 35.9 Å². The van der Waals surface area contributed by atoms with Crippen LogP contribution in [0.1, 0.15) is 25.3 Å². The molecule has 1 aromatic rings. The highest BCUT2D eigenvalue weighted by atomic mass is 16.5. The van der Waals surface area contributed by atoms with E-state index in [0.717, 1.165) is 24.4 Å². The van der Waals surface area contributed by atoms with E-state index < -0.39 is 0 Å². The van der Waals surface area contributed by atoms with Gasteiger partial charge < -0.3 is 14.7 Å². The number of phenolic OH excluding ortho intramolecular Hbond substituents is 1. The van der Waals surface area contributed by atoms with Crippen LogP contribution in [0, 0.1) is 0 Å². The molecule has 1 aliphatic rings. The quantitative estimate of drug-likeness (QED) is 0.896. The Balaban J connectivity index is 1.96. The summed E-state index contributed by atoms with van der Waals surface area (Å²) in [7, 11) is 3.80. The summed E-state index contributed by atoms with van der Waals surface area (Å²) in [4.78, 5) is 4.84. The fourth-order valence-corrected chi connectivity index (χ4v) is 2.89. The third kappa shape index (κ3) is 3.64. The first-order valence-corrected chi connectivity index (χ1v) is 7.42. The molecule has 0 bridgehead atoms. The van der Waals surface area contributed by atoms with E-state index in [0.29, 0.717) is 11.8 Å². The molecule has 0 saturated carbocycles. The minimum atomic E-state index is 0.351. The van der Waals surface area contributed by atoms with Crippen LogP contribution in [0.3, 0.4) is 0 Å². The normalized spacial score (nSPS) is 17.6. The molecule has 1 N–H and O–H groups in total. The van der Waals surface area contributed by atoms with Gasteiger partial charge in [-0.1, -0.05) is 6.92 Å². The highest BCUT2D eigenvalue weighted by Crippen LogP contribution is 2.25. The van der Waals surface area contributed by atoms with E-state index in [2.05, 4.69) is 23.8 Å². The molecule has 1 fully saturated rings. The van der Waals surface area contributed by atoms with Crippen molar-refractivity contribution < 1.29 is 9.84 Å². The number of aromatic hydroxyl groups is 1. The number of piperidine rings is 1. The summed E-state index contributed by atoms with van der Waals surface area (Å²) in [5.41, 5.74) is 0.935. The lowest BCUT2D eigenvalue weighted by Gasteiger charge is -2.36. The first-order valence-electron chi connectivity index (χ1n) is 7.42. The molecule has 4 nitrogen and oxygen atoms in total. The number of phenols is 1. The fraction of sp³-hybridized carbons (Fsp3) is 0.625. The first-order chi connectivity index (χ1) is 9.63. The number of likely N-dealkylation sites (tertiary alicyclic amines) is 1. The van der Waals surface area contributed by atoms with Gasteiger partial charge in [-0.3, -0.25) is 4.90 Å². The predicted molar refractivity (Wildman–Crippen MR) is 81.3 cm³/mol. The van der Waals surface area contributed by atoms with Gasteiger partial charge in [-0.15, -0.1) is 0 Å². The summed E-state index contributed by atoms with van der Waals surface area (Å²) in [6.07, 6.45) is 2.41. The van der Waals surface area contributed by atoms with Gasteiger partial charge in [-0.05, 0) is 57.7 Å². The fourth-order valence-electron chi connectivity index (χ4n) is 2.89. The van der Waals surface area contributed by atoms with Crippen LogP contribution in [0.2, 0.25) is 0 Å². The summed E-state index contributed by atoms with van der Waals surface area (Å²) in [6, 6.07) is 6.02. The van der Waals surface area contributed by atoms with Crippen molar-refractivity contribution in [1.82, 2.24) is 9.80 Å². The van der Waals surface area contributed by atoms with Crippen molar-refractivity contribution in [1.29, 1.82) is 0 Å². The Morgan fingerprint density at radius 3 is 2.65 bits per heavy atom. The van der Waals surface area contributed by atoms with Crippen molar-refractivity contribution in [3.8, 4) is 11.5 Å². The van der Waals surface area contributed by atoms with Gasteiger partial charge in [0.25, 0.3) is 0 Å². The number of benzene rings is 1. The van der Waals surface area contributed by atoms with Crippen molar-refractivity contribution >= 4 is 0 Å². The van der Waals surface area contributed by atoms with Gasteiger partial charge in [-0.25, -0.2) is 0 Å². The number of hydrogen-bond donors (Lipinski definition) is 1. The Labute approximate surface area is 122 Å². The van der Waals surface area contributed by atoms with Crippen molar-refractivity contribution in [3.05, 3.63) is 23.8 Å². The number of rotatable bonds is 5. The molecule has 0 spiro atoms. The van der Waals surface area contributed by atoms with Crippen LogP contribution in [0.5, 0.6) is 11.5 Å². The molecular formula is C16H26N2O2. The monoisotopic (exact) mass is 278 g/mol. The second-order valence-electron chi connectivity index (χ2n) is 5.58. The zero-order valence-corrected chi connectivity index (χ0v) is 12.8. The average molecular weight is 278 g/mol. The predicted octanol–water partition coefficient (Wildman–Crippen LogP) is 2.32. The van der Waals surface area contributed by atoms with Gasteiger partial charge in [-0.2, -0.15) is 0 Å². The van der Waals surface area contributed by atoms with Crippen LogP contribution in [-0.4, -0.2) is 54.7 Å². The molecule has 1 aromatic carbocycles. The zero-order chi connectivity index (χ0) is 14.5. The van der Waals surface area contributed by atoms with E-state index >= 15 is 0 Å².